The van der Waals surface area contributed by atoms with E-state index in [2.05, 4.69) is 32.3 Å². The first-order valence-electron chi connectivity index (χ1n) is 6.82. The van der Waals surface area contributed by atoms with Gasteiger partial charge in [0.1, 0.15) is 17.2 Å². The van der Waals surface area contributed by atoms with E-state index < -0.39 is 0 Å². The van der Waals surface area contributed by atoms with Gasteiger partial charge in [0.05, 0.1) is 13.1 Å². The molecule has 0 fully saturated rings. The summed E-state index contributed by atoms with van der Waals surface area (Å²) in [4.78, 5) is 16.2. The quantitative estimate of drug-likeness (QED) is 0.440. The standard InChI is InChI=1S/C13H21N7S.HI/c1-5-10-6-15-12(21-10)7-16-13(14-2)19(3)8-11-17-9-18-20(11)4;/h6,9H,5,7-8H2,1-4H3,(H,14,16);1H. The molecule has 0 unspecified atom stereocenters. The minimum atomic E-state index is 0. The second kappa shape index (κ2) is 9.03. The van der Waals surface area contributed by atoms with Crippen molar-refractivity contribution < 1.29 is 0 Å². The first kappa shape index (κ1) is 18.8. The summed E-state index contributed by atoms with van der Waals surface area (Å²) < 4.78 is 1.76. The van der Waals surface area contributed by atoms with E-state index >= 15 is 0 Å². The van der Waals surface area contributed by atoms with E-state index in [4.69, 9.17) is 0 Å². The van der Waals surface area contributed by atoms with Crippen LogP contribution in [0.4, 0.5) is 0 Å². The summed E-state index contributed by atoms with van der Waals surface area (Å²) >= 11 is 1.73. The van der Waals surface area contributed by atoms with E-state index in [0.717, 1.165) is 23.2 Å². The highest BCUT2D eigenvalue weighted by molar-refractivity contribution is 14.0. The van der Waals surface area contributed by atoms with Crippen LogP contribution in [0.5, 0.6) is 0 Å². The zero-order valence-corrected chi connectivity index (χ0v) is 16.4. The summed E-state index contributed by atoms with van der Waals surface area (Å²) in [7, 11) is 5.63. The summed E-state index contributed by atoms with van der Waals surface area (Å²) in [6.45, 7) is 3.47. The number of aryl methyl sites for hydroxylation is 2. The van der Waals surface area contributed by atoms with Gasteiger partial charge in [0.15, 0.2) is 5.96 Å². The molecule has 1 N–H and O–H groups in total. The zero-order chi connectivity index (χ0) is 15.2. The molecule has 2 rings (SSSR count). The fraction of sp³-hybridized carbons (Fsp3) is 0.538. The zero-order valence-electron chi connectivity index (χ0n) is 13.3. The molecule has 2 aromatic heterocycles. The molecule has 0 aromatic carbocycles. The Labute approximate surface area is 151 Å². The Bertz CT molecular complexity index is 607. The van der Waals surface area contributed by atoms with Crippen molar-refractivity contribution in [1.82, 2.24) is 30.0 Å². The summed E-state index contributed by atoms with van der Waals surface area (Å²) in [5.74, 6) is 1.70. The highest BCUT2D eigenvalue weighted by Gasteiger charge is 2.10. The van der Waals surface area contributed by atoms with Gasteiger partial charge >= 0.3 is 0 Å². The lowest BCUT2D eigenvalue weighted by atomic mass is 10.4. The van der Waals surface area contributed by atoms with Crippen LogP contribution in [0.15, 0.2) is 17.5 Å². The number of nitrogens with zero attached hydrogens (tertiary/aromatic N) is 6. The molecule has 2 aromatic rings. The van der Waals surface area contributed by atoms with E-state index in [1.54, 1.807) is 29.4 Å². The summed E-state index contributed by atoms with van der Waals surface area (Å²) in [6, 6.07) is 0. The molecule has 0 saturated heterocycles. The molecule has 9 heteroatoms. The van der Waals surface area contributed by atoms with Crippen LogP contribution in [0, 0.1) is 0 Å². The molecular formula is C13H22IN7S. The van der Waals surface area contributed by atoms with Crippen molar-refractivity contribution in [2.24, 2.45) is 12.0 Å². The lowest BCUT2D eigenvalue weighted by Gasteiger charge is -2.21. The Kier molecular flexibility index (Phi) is 7.73. The van der Waals surface area contributed by atoms with Gasteiger partial charge in [-0.1, -0.05) is 6.92 Å². The molecular weight excluding hydrogens is 413 g/mol. The van der Waals surface area contributed by atoms with E-state index in [-0.39, 0.29) is 24.0 Å². The van der Waals surface area contributed by atoms with Gasteiger partial charge in [-0.15, -0.1) is 35.3 Å². The molecule has 7 nitrogen and oxygen atoms in total. The summed E-state index contributed by atoms with van der Waals surface area (Å²) in [5, 5.41) is 8.46. The average molecular weight is 435 g/mol. The maximum atomic E-state index is 4.40. The van der Waals surface area contributed by atoms with Crippen LogP contribution in [0.3, 0.4) is 0 Å². The Morgan fingerprint density at radius 1 is 1.45 bits per heavy atom. The molecule has 0 atom stereocenters. The number of thiazole rings is 1. The predicted molar refractivity (Wildman–Crippen MR) is 99.6 cm³/mol. The van der Waals surface area contributed by atoms with Gasteiger partial charge in [0.25, 0.3) is 0 Å². The second-order valence-electron chi connectivity index (χ2n) is 4.63. The summed E-state index contributed by atoms with van der Waals surface area (Å²) in [6.07, 6.45) is 4.52. The van der Waals surface area contributed by atoms with Crippen LogP contribution in [0.25, 0.3) is 0 Å². The Hall–Kier alpha value is -1.23. The number of rotatable bonds is 5. The van der Waals surface area contributed by atoms with Crippen LogP contribution < -0.4 is 5.32 Å². The first-order chi connectivity index (χ1) is 10.1. The lowest BCUT2D eigenvalue weighted by molar-refractivity contribution is 0.448. The number of guanidine groups is 1. The number of nitrogens with one attached hydrogen (secondary N) is 1. The van der Waals surface area contributed by atoms with Crippen molar-refractivity contribution in [3.63, 3.8) is 0 Å². The minimum Gasteiger partial charge on any atom is -0.350 e. The van der Waals surface area contributed by atoms with Crippen molar-refractivity contribution in [2.45, 2.75) is 26.4 Å². The normalized spacial score (nSPS) is 11.2. The van der Waals surface area contributed by atoms with Gasteiger partial charge in [-0.2, -0.15) is 5.10 Å². The van der Waals surface area contributed by atoms with Crippen molar-refractivity contribution in [1.29, 1.82) is 0 Å². The largest absolute Gasteiger partial charge is 0.350 e. The van der Waals surface area contributed by atoms with E-state index in [1.807, 2.05) is 25.2 Å². The maximum absolute atomic E-state index is 4.40. The molecule has 2 heterocycles. The molecule has 22 heavy (non-hydrogen) atoms. The van der Waals surface area contributed by atoms with Gasteiger partial charge in [-0.3, -0.25) is 9.67 Å². The van der Waals surface area contributed by atoms with Crippen molar-refractivity contribution in [2.75, 3.05) is 14.1 Å². The highest BCUT2D eigenvalue weighted by atomic mass is 127. The number of hydrogen-bond donors (Lipinski definition) is 1. The molecule has 0 aliphatic rings. The smallest absolute Gasteiger partial charge is 0.194 e. The van der Waals surface area contributed by atoms with E-state index in [9.17, 15) is 0 Å². The highest BCUT2D eigenvalue weighted by Crippen LogP contribution is 2.12. The van der Waals surface area contributed by atoms with Gasteiger partial charge < -0.3 is 10.2 Å². The van der Waals surface area contributed by atoms with Crippen molar-refractivity contribution in [3.05, 3.63) is 28.2 Å². The van der Waals surface area contributed by atoms with E-state index in [1.165, 1.54) is 4.88 Å². The van der Waals surface area contributed by atoms with Crippen molar-refractivity contribution >= 4 is 41.3 Å². The average Bonchev–Trinajstić information content (AvgIpc) is 3.09. The lowest BCUT2D eigenvalue weighted by Crippen LogP contribution is -2.38. The SMILES string of the molecule is CCc1cnc(CNC(=NC)N(C)Cc2ncnn2C)s1.I. The maximum Gasteiger partial charge on any atom is 0.194 e. The van der Waals surface area contributed by atoms with Gasteiger partial charge in [0.2, 0.25) is 0 Å². The van der Waals surface area contributed by atoms with Gasteiger partial charge in [-0.25, -0.2) is 9.97 Å². The third kappa shape index (κ3) is 4.90. The Morgan fingerprint density at radius 2 is 2.23 bits per heavy atom. The number of aromatic nitrogens is 4. The fourth-order valence-electron chi connectivity index (χ4n) is 1.88. The third-order valence-electron chi connectivity index (χ3n) is 3.10. The number of hydrogen-bond acceptors (Lipinski definition) is 5. The molecule has 0 bridgehead atoms. The van der Waals surface area contributed by atoms with Gasteiger partial charge in [0, 0.05) is 32.2 Å². The van der Waals surface area contributed by atoms with Crippen LogP contribution in [0.2, 0.25) is 0 Å². The molecule has 0 aliphatic carbocycles. The second-order valence-corrected chi connectivity index (χ2v) is 5.83. The van der Waals surface area contributed by atoms with Gasteiger partial charge in [-0.05, 0) is 6.42 Å². The van der Waals surface area contributed by atoms with Crippen LogP contribution in [-0.2, 0) is 26.6 Å². The molecule has 0 radical (unpaired) electrons. The fourth-order valence-corrected chi connectivity index (χ4v) is 2.69. The molecule has 0 amide bonds. The number of aliphatic imine (C=N–C) groups is 1. The number of halogens is 1. The first-order valence-corrected chi connectivity index (χ1v) is 7.64. The molecule has 122 valence electrons. The van der Waals surface area contributed by atoms with Crippen LogP contribution >= 0.6 is 35.3 Å². The molecule has 0 saturated carbocycles. The minimum absolute atomic E-state index is 0. The topological polar surface area (TPSA) is 71.2 Å². The molecule has 0 aliphatic heterocycles. The Morgan fingerprint density at radius 3 is 2.77 bits per heavy atom. The molecule has 0 spiro atoms. The summed E-state index contributed by atoms with van der Waals surface area (Å²) in [5.41, 5.74) is 0. The van der Waals surface area contributed by atoms with Crippen molar-refractivity contribution in [3.8, 4) is 0 Å². The van der Waals surface area contributed by atoms with Crippen LogP contribution in [-0.4, -0.2) is 44.7 Å². The third-order valence-corrected chi connectivity index (χ3v) is 4.25. The van der Waals surface area contributed by atoms with Crippen LogP contribution in [0.1, 0.15) is 22.6 Å². The predicted octanol–water partition coefficient (Wildman–Crippen LogP) is 1.66. The Balaban J connectivity index is 0.00000242. The van der Waals surface area contributed by atoms with E-state index in [0.29, 0.717) is 13.1 Å². The monoisotopic (exact) mass is 435 g/mol.